The number of aromatic hydroxyl groups is 1. The van der Waals surface area contributed by atoms with Crippen LogP contribution in [0.15, 0.2) is 46.3 Å². The van der Waals surface area contributed by atoms with Gasteiger partial charge in [-0.05, 0) is 55.4 Å². The van der Waals surface area contributed by atoms with Crippen molar-refractivity contribution in [1.82, 2.24) is 24.6 Å². The van der Waals surface area contributed by atoms with E-state index in [-0.39, 0.29) is 11.6 Å². The van der Waals surface area contributed by atoms with Gasteiger partial charge in [0, 0.05) is 24.4 Å². The maximum atomic E-state index is 11.5. The highest BCUT2D eigenvalue weighted by Gasteiger charge is 2.24. The summed E-state index contributed by atoms with van der Waals surface area (Å²) < 4.78 is 1.72. The van der Waals surface area contributed by atoms with E-state index in [1.54, 1.807) is 16.8 Å². The highest BCUT2D eigenvalue weighted by atomic mass is 16.3. The second-order valence-electron chi connectivity index (χ2n) is 9.15. The zero-order chi connectivity index (χ0) is 23.9. The lowest BCUT2D eigenvalue weighted by Crippen LogP contribution is -2.35. The van der Waals surface area contributed by atoms with Crippen molar-refractivity contribution in [1.29, 1.82) is 5.26 Å². The number of aromatic amines is 2. The van der Waals surface area contributed by atoms with Gasteiger partial charge in [0.2, 0.25) is 5.88 Å². The second kappa shape index (κ2) is 8.43. The van der Waals surface area contributed by atoms with Gasteiger partial charge < -0.3 is 15.0 Å². The summed E-state index contributed by atoms with van der Waals surface area (Å²) >= 11 is 0. The van der Waals surface area contributed by atoms with Crippen LogP contribution in [-0.4, -0.2) is 48.8 Å². The van der Waals surface area contributed by atoms with Gasteiger partial charge in [-0.3, -0.25) is 9.98 Å². The van der Waals surface area contributed by atoms with Crippen LogP contribution in [0, 0.1) is 11.3 Å². The molecule has 1 aliphatic heterocycles. The molecule has 1 saturated heterocycles. The average molecular weight is 469 g/mol. The number of hydrogen-bond acceptors (Lipinski definition) is 7. The van der Waals surface area contributed by atoms with Crippen LogP contribution in [0.2, 0.25) is 0 Å². The lowest BCUT2D eigenvalue weighted by atomic mass is 9.88. The molecule has 0 spiro atoms. The molecule has 3 aromatic heterocycles. The third-order valence-corrected chi connectivity index (χ3v) is 6.67. The molecule has 4 heterocycles. The molecule has 0 bridgehead atoms. The summed E-state index contributed by atoms with van der Waals surface area (Å²) in [6, 6.07) is 12.4. The van der Waals surface area contributed by atoms with Gasteiger partial charge in [-0.2, -0.15) is 14.9 Å². The molecule has 0 unspecified atom stereocenters. The highest BCUT2D eigenvalue weighted by molar-refractivity contribution is 5.58. The standard InChI is InChI=1S/C25H24N8O2/c26-13-15-2-1-3-17(10-15)16-6-8-32(9-7-16)21-12-22(28-19-4-5-19)33-23(30-21)18(14-27-33)11-20-24(34)31-25(35)29-20/h1-3,10-12,14,16,19,34H,4-9H2,(H2,29,31,35)/b18-11-,28-22?. The maximum absolute atomic E-state index is 11.5. The Bertz CT molecular complexity index is 1630. The Morgan fingerprint density at radius 1 is 1.17 bits per heavy atom. The normalized spacial score (nSPS) is 17.9. The topological polar surface area (TPSA) is 138 Å². The number of anilines is 1. The Morgan fingerprint density at radius 2 is 2.00 bits per heavy atom. The molecule has 0 atom stereocenters. The number of nitrogens with one attached hydrogen (secondary N) is 2. The van der Waals surface area contributed by atoms with E-state index in [9.17, 15) is 15.2 Å². The van der Waals surface area contributed by atoms with Crippen molar-refractivity contribution < 1.29 is 5.11 Å². The van der Waals surface area contributed by atoms with Gasteiger partial charge in [-0.25, -0.2) is 9.78 Å². The summed E-state index contributed by atoms with van der Waals surface area (Å²) in [4.78, 5) is 28.5. The fraction of sp³-hybridized carbons (Fsp3) is 0.320. The molecule has 1 saturated carbocycles. The Morgan fingerprint density at radius 3 is 2.71 bits per heavy atom. The van der Waals surface area contributed by atoms with E-state index < -0.39 is 5.69 Å². The minimum atomic E-state index is -0.480. The lowest BCUT2D eigenvalue weighted by Gasteiger charge is -2.33. The molecule has 1 aliphatic carbocycles. The number of nitriles is 1. The summed E-state index contributed by atoms with van der Waals surface area (Å²) in [6.07, 6.45) is 7.40. The van der Waals surface area contributed by atoms with E-state index in [1.807, 2.05) is 24.3 Å². The van der Waals surface area contributed by atoms with Crippen LogP contribution < -0.4 is 21.3 Å². The van der Waals surface area contributed by atoms with Crippen molar-refractivity contribution in [3.63, 3.8) is 0 Å². The monoisotopic (exact) mass is 468 g/mol. The second-order valence-corrected chi connectivity index (χ2v) is 9.15. The number of piperidine rings is 1. The summed E-state index contributed by atoms with van der Waals surface area (Å²) in [5.41, 5.74) is 3.08. The zero-order valence-electron chi connectivity index (χ0n) is 19.0. The average Bonchev–Trinajstić information content (AvgIpc) is 3.52. The third-order valence-electron chi connectivity index (χ3n) is 6.67. The fourth-order valence-electron chi connectivity index (χ4n) is 4.65. The van der Waals surface area contributed by atoms with E-state index >= 15 is 0 Å². The number of rotatable bonds is 4. The zero-order valence-corrected chi connectivity index (χ0v) is 19.0. The first kappa shape index (κ1) is 21.2. The number of nitrogens with zero attached hydrogens (tertiary/aromatic N) is 6. The van der Waals surface area contributed by atoms with Crippen molar-refractivity contribution in [2.45, 2.75) is 37.6 Å². The quantitative estimate of drug-likeness (QED) is 0.413. The first-order valence-corrected chi connectivity index (χ1v) is 11.8. The molecule has 1 aromatic carbocycles. The molecule has 2 fully saturated rings. The summed E-state index contributed by atoms with van der Waals surface area (Å²) in [7, 11) is 0. The van der Waals surface area contributed by atoms with E-state index in [4.69, 9.17) is 9.98 Å². The van der Waals surface area contributed by atoms with E-state index in [0.717, 1.165) is 50.1 Å². The predicted octanol–water partition coefficient (Wildman–Crippen LogP) is 1.32. The van der Waals surface area contributed by atoms with Crippen LogP contribution in [-0.2, 0) is 0 Å². The molecular weight excluding hydrogens is 444 g/mol. The summed E-state index contributed by atoms with van der Waals surface area (Å²) in [5.74, 6) is 1.02. The molecular formula is C25H24N8O2. The molecule has 3 N–H and O–H groups in total. The van der Waals surface area contributed by atoms with Gasteiger partial charge in [-0.15, -0.1) is 0 Å². The molecule has 0 radical (unpaired) electrons. The summed E-state index contributed by atoms with van der Waals surface area (Å²) in [6.45, 7) is 1.68. The Hall–Kier alpha value is -4.39. The van der Waals surface area contributed by atoms with Gasteiger partial charge >= 0.3 is 5.69 Å². The van der Waals surface area contributed by atoms with E-state index in [2.05, 4.69) is 32.1 Å². The number of hydrogen-bond donors (Lipinski definition) is 3. The minimum absolute atomic E-state index is 0.226. The molecule has 10 heteroatoms. The molecule has 176 valence electrons. The highest BCUT2D eigenvalue weighted by Crippen LogP contribution is 2.30. The van der Waals surface area contributed by atoms with Crippen molar-refractivity contribution >= 4 is 17.5 Å². The molecule has 35 heavy (non-hydrogen) atoms. The fourth-order valence-corrected chi connectivity index (χ4v) is 4.65. The van der Waals surface area contributed by atoms with Gasteiger partial charge in [-0.1, -0.05) is 12.1 Å². The maximum Gasteiger partial charge on any atom is 0.326 e. The molecule has 6 rings (SSSR count). The Balaban J connectivity index is 1.36. The van der Waals surface area contributed by atoms with Gasteiger partial charge in [0.1, 0.15) is 11.5 Å². The van der Waals surface area contributed by atoms with Crippen molar-refractivity contribution in [2.75, 3.05) is 18.0 Å². The predicted molar refractivity (Wildman–Crippen MR) is 129 cm³/mol. The molecule has 0 amide bonds. The first-order valence-electron chi connectivity index (χ1n) is 11.8. The van der Waals surface area contributed by atoms with E-state index in [1.165, 1.54) is 5.56 Å². The van der Waals surface area contributed by atoms with Gasteiger partial charge in [0.15, 0.2) is 11.1 Å². The number of fused-ring (bicyclic) bond motifs is 1. The largest absolute Gasteiger partial charge is 0.493 e. The van der Waals surface area contributed by atoms with Crippen molar-refractivity contribution in [3.8, 4) is 11.9 Å². The first-order chi connectivity index (χ1) is 17.1. The number of aromatic nitrogens is 5. The lowest BCUT2D eigenvalue weighted by molar-refractivity contribution is 0.454. The van der Waals surface area contributed by atoms with Crippen LogP contribution in [0.4, 0.5) is 5.82 Å². The summed E-state index contributed by atoms with van der Waals surface area (Å²) in [5, 5.41) is 24.4. The van der Waals surface area contributed by atoms with Gasteiger partial charge in [0.25, 0.3) is 0 Å². The third kappa shape index (κ3) is 4.17. The van der Waals surface area contributed by atoms with Crippen LogP contribution in [0.5, 0.6) is 5.88 Å². The van der Waals surface area contributed by atoms with Crippen LogP contribution >= 0.6 is 0 Å². The molecule has 10 nitrogen and oxygen atoms in total. The number of imidazole rings is 1. The van der Waals surface area contributed by atoms with Crippen LogP contribution in [0.25, 0.3) is 11.7 Å². The van der Waals surface area contributed by atoms with E-state index in [0.29, 0.717) is 28.4 Å². The molecule has 2 aliphatic rings. The van der Waals surface area contributed by atoms with Crippen molar-refractivity contribution in [2.24, 2.45) is 4.99 Å². The Kier molecular flexibility index (Phi) is 5.10. The Labute approximate surface area is 199 Å². The number of H-pyrrole nitrogens is 2. The number of benzene rings is 1. The SMILES string of the molecule is N#Cc1cccc(C2CCN(c3cc(=NC4CC4)n4nc/c(=C/c5[nH]c(=O)[nH]c5O)c4n3)CC2)c1. The van der Waals surface area contributed by atoms with Gasteiger partial charge in [0.05, 0.1) is 23.9 Å². The molecule has 4 aromatic rings. The minimum Gasteiger partial charge on any atom is -0.493 e. The van der Waals surface area contributed by atoms with Crippen molar-refractivity contribution in [3.05, 3.63) is 74.5 Å². The van der Waals surface area contributed by atoms with Crippen LogP contribution in [0.3, 0.4) is 0 Å². The van der Waals surface area contributed by atoms with Crippen LogP contribution in [0.1, 0.15) is 48.4 Å². The smallest absolute Gasteiger partial charge is 0.326 e.